The van der Waals surface area contributed by atoms with E-state index in [1.807, 2.05) is 0 Å². The van der Waals surface area contributed by atoms with E-state index in [0.29, 0.717) is 0 Å². The Bertz CT molecular complexity index is 49.0. The fraction of sp³-hybridized carbons (Fsp3) is 1.00. The zero-order chi connectivity index (χ0) is 5.86. The van der Waals surface area contributed by atoms with Gasteiger partial charge in [-0.25, -0.2) is 4.20 Å². The van der Waals surface area contributed by atoms with E-state index < -0.39 is 8.23 Å². The molecule has 0 spiro atoms. The van der Waals surface area contributed by atoms with Crippen LogP contribution in [0.5, 0.6) is 0 Å². The van der Waals surface area contributed by atoms with Crippen molar-refractivity contribution in [3.05, 3.63) is 0 Å². The van der Waals surface area contributed by atoms with Crippen molar-refractivity contribution in [1.29, 1.82) is 0 Å². The average Bonchev–Trinajstić information content (AvgIpc) is 1.65. The molecule has 0 fully saturated rings. The highest BCUT2D eigenvalue weighted by molar-refractivity contribution is 7.51. The molecule has 0 saturated carbocycles. The molecule has 3 heteroatoms. The molecule has 0 aromatic carbocycles. The standard InChI is InChI=1S/C4H10FOP/c1-4(6-2)7(3)5/h4H,1-3H3/t4?,7-/m1/s1. The van der Waals surface area contributed by atoms with Crippen molar-refractivity contribution in [1.82, 2.24) is 0 Å². The first-order valence-corrected chi connectivity index (χ1v) is 3.84. The fourth-order valence-corrected chi connectivity index (χ4v) is 0.436. The molecule has 2 atom stereocenters. The maximum Gasteiger partial charge on any atom is 0.107 e. The van der Waals surface area contributed by atoms with E-state index in [1.165, 1.54) is 7.11 Å². The zero-order valence-electron chi connectivity index (χ0n) is 4.81. The molecule has 1 nitrogen and oxygen atoms in total. The van der Waals surface area contributed by atoms with E-state index >= 15 is 0 Å². The summed E-state index contributed by atoms with van der Waals surface area (Å²) in [5.41, 5.74) is 0. The molecule has 7 heavy (non-hydrogen) atoms. The highest BCUT2D eigenvalue weighted by Crippen LogP contribution is 2.37. The molecule has 0 aromatic heterocycles. The predicted octanol–water partition coefficient (Wildman–Crippen LogP) is 1.97. The van der Waals surface area contributed by atoms with Crippen LogP contribution in [-0.4, -0.2) is 19.6 Å². The molecule has 0 N–H and O–H groups in total. The van der Waals surface area contributed by atoms with Gasteiger partial charge in [0.2, 0.25) is 0 Å². The Labute approximate surface area is 44.7 Å². The van der Waals surface area contributed by atoms with Crippen LogP contribution in [0.25, 0.3) is 0 Å². The lowest BCUT2D eigenvalue weighted by atomic mass is 10.9. The van der Waals surface area contributed by atoms with Gasteiger partial charge in [-0.1, -0.05) is 0 Å². The molecule has 0 amide bonds. The molecule has 0 rings (SSSR count). The molecule has 0 heterocycles. The van der Waals surface area contributed by atoms with E-state index in [9.17, 15) is 4.20 Å². The molecular formula is C4H10FOP. The first-order valence-electron chi connectivity index (χ1n) is 2.10. The molecule has 44 valence electrons. The first-order chi connectivity index (χ1) is 3.18. The lowest BCUT2D eigenvalue weighted by Gasteiger charge is -2.07. The number of halogens is 1. The van der Waals surface area contributed by atoms with Gasteiger partial charge in [0.25, 0.3) is 0 Å². The highest BCUT2D eigenvalue weighted by Gasteiger charge is 2.06. The third-order valence-corrected chi connectivity index (χ3v) is 2.06. The summed E-state index contributed by atoms with van der Waals surface area (Å²) in [7, 11) is 0.133. The number of hydrogen-bond acceptors (Lipinski definition) is 1. The summed E-state index contributed by atoms with van der Waals surface area (Å²) >= 11 is 0. The van der Waals surface area contributed by atoms with E-state index in [2.05, 4.69) is 4.74 Å². The Morgan fingerprint density at radius 1 is 1.71 bits per heavy atom. The lowest BCUT2D eigenvalue weighted by molar-refractivity contribution is 0.179. The van der Waals surface area contributed by atoms with Crippen LogP contribution in [0, 0.1) is 0 Å². The van der Waals surface area contributed by atoms with Crippen LogP contribution in [0.15, 0.2) is 0 Å². The molecule has 0 aliphatic carbocycles. The Kier molecular flexibility index (Phi) is 3.49. The SMILES string of the molecule is COC(C)[P@@](C)F. The molecular weight excluding hydrogens is 114 g/mol. The van der Waals surface area contributed by atoms with Gasteiger partial charge >= 0.3 is 0 Å². The van der Waals surface area contributed by atoms with E-state index in [0.717, 1.165) is 0 Å². The van der Waals surface area contributed by atoms with Crippen molar-refractivity contribution < 1.29 is 8.93 Å². The number of ether oxygens (including phenoxy) is 1. The van der Waals surface area contributed by atoms with Crippen LogP contribution in [0.2, 0.25) is 0 Å². The van der Waals surface area contributed by atoms with Gasteiger partial charge < -0.3 is 4.74 Å². The third-order valence-electron chi connectivity index (χ3n) is 0.842. The number of hydrogen-bond donors (Lipinski definition) is 0. The van der Waals surface area contributed by atoms with Gasteiger partial charge in [-0.15, -0.1) is 0 Å². The molecule has 0 aromatic rings. The van der Waals surface area contributed by atoms with Gasteiger partial charge in [-0.3, -0.25) is 0 Å². The minimum Gasteiger partial charge on any atom is -0.375 e. The second kappa shape index (κ2) is 3.34. The maximum absolute atomic E-state index is 12.0. The minimum atomic E-state index is -1.38. The monoisotopic (exact) mass is 124 g/mol. The van der Waals surface area contributed by atoms with Crippen molar-refractivity contribution in [3.8, 4) is 0 Å². The quantitative estimate of drug-likeness (QED) is 0.511. The molecule has 0 radical (unpaired) electrons. The largest absolute Gasteiger partial charge is 0.375 e. The van der Waals surface area contributed by atoms with Crippen LogP contribution >= 0.6 is 8.23 Å². The van der Waals surface area contributed by atoms with Gasteiger partial charge in [-0.05, 0) is 13.6 Å². The summed E-state index contributed by atoms with van der Waals surface area (Å²) in [6, 6.07) is 0. The summed E-state index contributed by atoms with van der Waals surface area (Å²) in [6.45, 7) is 3.27. The van der Waals surface area contributed by atoms with E-state index in [4.69, 9.17) is 0 Å². The third kappa shape index (κ3) is 2.95. The Morgan fingerprint density at radius 3 is 2.14 bits per heavy atom. The average molecular weight is 124 g/mol. The Morgan fingerprint density at radius 2 is 2.14 bits per heavy atom. The van der Waals surface area contributed by atoms with Gasteiger partial charge in [0.15, 0.2) is 0 Å². The molecule has 0 saturated heterocycles. The fourth-order valence-electron chi connectivity index (χ4n) is 0.145. The number of methoxy groups -OCH3 is 1. The van der Waals surface area contributed by atoms with Crippen LogP contribution in [0.3, 0.4) is 0 Å². The van der Waals surface area contributed by atoms with Crippen molar-refractivity contribution in [2.75, 3.05) is 13.8 Å². The Balaban J connectivity index is 3.14. The van der Waals surface area contributed by atoms with Crippen LogP contribution in [-0.2, 0) is 4.74 Å². The molecule has 1 unspecified atom stereocenters. The topological polar surface area (TPSA) is 9.23 Å². The van der Waals surface area contributed by atoms with Crippen molar-refractivity contribution in [3.63, 3.8) is 0 Å². The highest BCUT2D eigenvalue weighted by atomic mass is 31.2. The normalized spacial score (nSPS) is 18.9. The lowest BCUT2D eigenvalue weighted by Crippen LogP contribution is -1.97. The molecule has 0 bridgehead atoms. The second-order valence-electron chi connectivity index (χ2n) is 1.36. The van der Waals surface area contributed by atoms with Crippen LogP contribution in [0.1, 0.15) is 6.92 Å². The maximum atomic E-state index is 12.0. The van der Waals surface area contributed by atoms with Crippen molar-refractivity contribution >= 4 is 8.23 Å². The summed E-state index contributed by atoms with van der Waals surface area (Å²) in [5.74, 6) is -0.199. The van der Waals surface area contributed by atoms with Crippen LogP contribution in [0.4, 0.5) is 4.20 Å². The second-order valence-corrected chi connectivity index (χ2v) is 3.14. The van der Waals surface area contributed by atoms with E-state index in [-0.39, 0.29) is 5.85 Å². The summed E-state index contributed by atoms with van der Waals surface area (Å²) in [5, 5.41) is 0. The summed E-state index contributed by atoms with van der Waals surface area (Å²) < 4.78 is 16.7. The smallest absolute Gasteiger partial charge is 0.107 e. The van der Waals surface area contributed by atoms with Gasteiger partial charge in [0, 0.05) is 7.11 Å². The van der Waals surface area contributed by atoms with Gasteiger partial charge in [0.1, 0.15) is 14.1 Å². The van der Waals surface area contributed by atoms with Crippen molar-refractivity contribution in [2.24, 2.45) is 0 Å². The molecule has 0 aliphatic heterocycles. The molecule has 0 aliphatic rings. The predicted molar refractivity (Wildman–Crippen MR) is 30.4 cm³/mol. The van der Waals surface area contributed by atoms with Gasteiger partial charge in [0.05, 0.1) is 0 Å². The van der Waals surface area contributed by atoms with Gasteiger partial charge in [-0.2, -0.15) is 0 Å². The first kappa shape index (κ1) is 7.32. The zero-order valence-corrected chi connectivity index (χ0v) is 5.71. The minimum absolute atomic E-state index is 0.199. The van der Waals surface area contributed by atoms with E-state index in [1.54, 1.807) is 13.6 Å². The summed E-state index contributed by atoms with van der Waals surface area (Å²) in [6.07, 6.45) is 0. The Hall–Kier alpha value is 0.320. The summed E-state index contributed by atoms with van der Waals surface area (Å²) in [4.78, 5) is 0. The number of rotatable bonds is 2. The van der Waals surface area contributed by atoms with Crippen molar-refractivity contribution in [2.45, 2.75) is 12.8 Å². The van der Waals surface area contributed by atoms with Crippen LogP contribution < -0.4 is 0 Å².